The molecule has 1 heterocycles. The number of carbonyl (C=O) groups is 2. The van der Waals surface area contributed by atoms with E-state index in [9.17, 15) is 18.4 Å². The van der Waals surface area contributed by atoms with Crippen molar-refractivity contribution in [3.63, 3.8) is 0 Å². The molecular weight excluding hydrogens is 278 g/mol. The second-order valence-electron chi connectivity index (χ2n) is 5.70. The molecule has 2 fully saturated rings. The molecule has 2 amide bonds. The van der Waals surface area contributed by atoms with E-state index < -0.39 is 23.7 Å². The summed E-state index contributed by atoms with van der Waals surface area (Å²) in [5.41, 5.74) is 0.0828. The van der Waals surface area contributed by atoms with Crippen LogP contribution in [0, 0.1) is 17.6 Å². The van der Waals surface area contributed by atoms with Gasteiger partial charge in [0, 0.05) is 12.1 Å². The van der Waals surface area contributed by atoms with Crippen LogP contribution < -0.4 is 5.32 Å². The normalized spacial score (nSPS) is 26.0. The summed E-state index contributed by atoms with van der Waals surface area (Å²) in [6.07, 6.45) is 1.82. The van der Waals surface area contributed by atoms with Crippen molar-refractivity contribution in [1.82, 2.24) is 10.2 Å². The topological polar surface area (TPSA) is 49.4 Å². The molecule has 0 bridgehead atoms. The lowest BCUT2D eigenvalue weighted by Crippen LogP contribution is -2.62. The van der Waals surface area contributed by atoms with Crippen molar-refractivity contribution in [2.24, 2.45) is 5.92 Å². The monoisotopic (exact) mass is 294 g/mol. The Kier molecular flexibility index (Phi) is 3.39. The van der Waals surface area contributed by atoms with Crippen molar-refractivity contribution in [3.8, 4) is 0 Å². The third kappa shape index (κ3) is 2.62. The Balaban J connectivity index is 1.85. The average molecular weight is 294 g/mol. The van der Waals surface area contributed by atoms with Gasteiger partial charge in [-0.1, -0.05) is 0 Å². The number of carbonyl (C=O) groups excluding carboxylic acids is 2. The minimum absolute atomic E-state index is 0.0828. The Hall–Kier alpha value is -1.98. The highest BCUT2D eigenvalue weighted by Gasteiger charge is 2.45. The van der Waals surface area contributed by atoms with Gasteiger partial charge in [-0.3, -0.25) is 9.59 Å². The van der Waals surface area contributed by atoms with Crippen molar-refractivity contribution in [2.45, 2.75) is 38.4 Å². The van der Waals surface area contributed by atoms with E-state index in [1.54, 1.807) is 6.92 Å². The molecule has 0 aromatic heterocycles. The van der Waals surface area contributed by atoms with Crippen molar-refractivity contribution in [2.75, 3.05) is 0 Å². The summed E-state index contributed by atoms with van der Waals surface area (Å²) >= 11 is 0. The largest absolute Gasteiger partial charge is 0.342 e. The summed E-state index contributed by atoms with van der Waals surface area (Å²) in [6, 6.07) is 1.91. The minimum atomic E-state index is -0.685. The summed E-state index contributed by atoms with van der Waals surface area (Å²) < 4.78 is 27.0. The van der Waals surface area contributed by atoms with Crippen LogP contribution in [0.25, 0.3) is 0 Å². The fourth-order valence-corrected chi connectivity index (χ4v) is 2.66. The molecule has 1 saturated carbocycles. The maximum absolute atomic E-state index is 13.7. The molecule has 1 aromatic carbocycles. The van der Waals surface area contributed by atoms with Gasteiger partial charge in [0.1, 0.15) is 23.7 Å². The van der Waals surface area contributed by atoms with E-state index in [4.69, 9.17) is 0 Å². The first-order valence-electron chi connectivity index (χ1n) is 7.02. The number of hydrogen-bond acceptors (Lipinski definition) is 2. The van der Waals surface area contributed by atoms with Gasteiger partial charge in [0.25, 0.3) is 0 Å². The van der Waals surface area contributed by atoms with Crippen molar-refractivity contribution >= 4 is 11.8 Å². The highest BCUT2D eigenvalue weighted by Crippen LogP contribution is 2.35. The Morgan fingerprint density at radius 1 is 1.29 bits per heavy atom. The van der Waals surface area contributed by atoms with E-state index in [0.717, 1.165) is 31.0 Å². The lowest BCUT2D eigenvalue weighted by Gasteiger charge is -2.37. The zero-order valence-corrected chi connectivity index (χ0v) is 11.6. The van der Waals surface area contributed by atoms with Crippen LogP contribution in [0.5, 0.6) is 0 Å². The average Bonchev–Trinajstić information content (AvgIpc) is 3.27. The van der Waals surface area contributed by atoms with Gasteiger partial charge < -0.3 is 10.2 Å². The number of benzene rings is 1. The second-order valence-corrected chi connectivity index (χ2v) is 5.70. The van der Waals surface area contributed by atoms with Gasteiger partial charge >= 0.3 is 0 Å². The first-order chi connectivity index (χ1) is 9.97. The number of nitrogens with zero attached hydrogens (tertiary/aromatic N) is 1. The highest BCUT2D eigenvalue weighted by atomic mass is 19.1. The quantitative estimate of drug-likeness (QED) is 0.920. The van der Waals surface area contributed by atoms with Gasteiger partial charge in [0.05, 0.1) is 0 Å². The van der Waals surface area contributed by atoms with Crippen LogP contribution in [0.2, 0.25) is 0 Å². The van der Waals surface area contributed by atoms with E-state index >= 15 is 0 Å². The molecule has 3 rings (SSSR count). The first kappa shape index (κ1) is 14.0. The van der Waals surface area contributed by atoms with Crippen LogP contribution in [0.4, 0.5) is 8.78 Å². The predicted molar refractivity (Wildman–Crippen MR) is 71.0 cm³/mol. The molecule has 1 N–H and O–H groups in total. The molecule has 0 spiro atoms. The summed E-state index contributed by atoms with van der Waals surface area (Å²) in [7, 11) is 0. The van der Waals surface area contributed by atoms with Gasteiger partial charge in [-0.15, -0.1) is 0 Å². The van der Waals surface area contributed by atoms with Crippen LogP contribution in [-0.2, 0) is 16.1 Å². The molecule has 1 aromatic rings. The number of piperazine rings is 1. The van der Waals surface area contributed by atoms with Crippen LogP contribution in [-0.4, -0.2) is 28.8 Å². The zero-order valence-electron chi connectivity index (χ0n) is 11.6. The number of rotatable bonds is 3. The van der Waals surface area contributed by atoms with Gasteiger partial charge in [0.15, 0.2) is 0 Å². The van der Waals surface area contributed by atoms with E-state index in [2.05, 4.69) is 5.32 Å². The van der Waals surface area contributed by atoms with E-state index in [-0.39, 0.29) is 29.8 Å². The molecule has 1 saturated heterocycles. The zero-order chi connectivity index (χ0) is 15.1. The van der Waals surface area contributed by atoms with Crippen molar-refractivity contribution in [1.29, 1.82) is 0 Å². The Morgan fingerprint density at radius 2 is 2.00 bits per heavy atom. The number of halogens is 2. The summed E-state index contributed by atoms with van der Waals surface area (Å²) in [5.74, 6) is -1.43. The Labute approximate surface area is 121 Å². The third-order valence-electron chi connectivity index (χ3n) is 4.14. The fraction of sp³-hybridized carbons (Fsp3) is 0.467. The minimum Gasteiger partial charge on any atom is -0.342 e. The molecule has 2 unspecified atom stereocenters. The number of nitrogens with one attached hydrogen (secondary N) is 1. The number of hydrogen-bond donors (Lipinski definition) is 1. The maximum Gasteiger partial charge on any atom is 0.246 e. The van der Waals surface area contributed by atoms with E-state index in [1.165, 1.54) is 4.90 Å². The first-order valence-corrected chi connectivity index (χ1v) is 7.02. The molecule has 4 nitrogen and oxygen atoms in total. The van der Waals surface area contributed by atoms with Crippen molar-refractivity contribution in [3.05, 3.63) is 35.4 Å². The Bertz CT molecular complexity index is 601. The van der Waals surface area contributed by atoms with Gasteiger partial charge in [-0.2, -0.15) is 0 Å². The summed E-state index contributed by atoms with van der Waals surface area (Å²) in [6.45, 7) is 1.49. The summed E-state index contributed by atoms with van der Waals surface area (Å²) in [5, 5.41) is 2.72. The molecule has 0 radical (unpaired) electrons. The molecule has 1 aliphatic heterocycles. The van der Waals surface area contributed by atoms with Crippen LogP contribution in [0.3, 0.4) is 0 Å². The molecule has 6 heteroatoms. The highest BCUT2D eigenvalue weighted by molar-refractivity contribution is 5.97. The molecule has 1 aliphatic carbocycles. The van der Waals surface area contributed by atoms with Crippen LogP contribution >= 0.6 is 0 Å². The predicted octanol–water partition coefficient (Wildman–Crippen LogP) is 1.59. The SMILES string of the molecule is CC1C(=O)NC(C2CC2)C(=O)N1Cc1cc(F)ccc1F. The molecule has 2 atom stereocenters. The standard InChI is InChI=1S/C15H16F2N2O2/c1-8-14(20)18-13(9-2-3-9)15(21)19(8)7-10-6-11(16)4-5-12(10)17/h4-6,8-9,13H,2-3,7H2,1H3,(H,18,20). The maximum atomic E-state index is 13.7. The molecule has 21 heavy (non-hydrogen) atoms. The van der Waals surface area contributed by atoms with Crippen LogP contribution in [0.15, 0.2) is 18.2 Å². The number of amides is 2. The van der Waals surface area contributed by atoms with Gasteiger partial charge in [0.2, 0.25) is 11.8 Å². The molecule has 112 valence electrons. The van der Waals surface area contributed by atoms with Gasteiger partial charge in [-0.05, 0) is 43.9 Å². The molecular formula is C15H16F2N2O2. The smallest absolute Gasteiger partial charge is 0.246 e. The summed E-state index contributed by atoms with van der Waals surface area (Å²) in [4.78, 5) is 25.8. The lowest BCUT2D eigenvalue weighted by molar-refractivity contribution is -0.150. The van der Waals surface area contributed by atoms with Crippen molar-refractivity contribution < 1.29 is 18.4 Å². The second kappa shape index (κ2) is 5.09. The fourth-order valence-electron chi connectivity index (χ4n) is 2.66. The van der Waals surface area contributed by atoms with E-state index in [0.29, 0.717) is 0 Å². The molecule has 2 aliphatic rings. The third-order valence-corrected chi connectivity index (χ3v) is 4.14. The lowest BCUT2D eigenvalue weighted by atomic mass is 10.0. The van der Waals surface area contributed by atoms with Crippen LogP contribution in [0.1, 0.15) is 25.3 Å². The van der Waals surface area contributed by atoms with Gasteiger partial charge in [-0.25, -0.2) is 8.78 Å². The van der Waals surface area contributed by atoms with E-state index in [1.807, 2.05) is 0 Å². The Morgan fingerprint density at radius 3 is 2.67 bits per heavy atom.